The summed E-state index contributed by atoms with van der Waals surface area (Å²) in [5.74, 6) is 0. The van der Waals surface area contributed by atoms with Crippen LogP contribution in [0, 0.1) is 0 Å². The summed E-state index contributed by atoms with van der Waals surface area (Å²) in [6.45, 7) is 1.54. The highest BCUT2D eigenvalue weighted by molar-refractivity contribution is 7.93. The molecule has 0 atom stereocenters. The number of hydrogen-bond acceptors (Lipinski definition) is 4. The Morgan fingerprint density at radius 2 is 2.10 bits per heavy atom. The number of fused-ring (bicyclic) bond motifs is 1. The van der Waals surface area contributed by atoms with Crippen molar-refractivity contribution in [2.45, 2.75) is 17.9 Å². The second-order valence-electron chi connectivity index (χ2n) is 4.66. The van der Waals surface area contributed by atoms with Gasteiger partial charge in [-0.25, -0.2) is 8.42 Å². The van der Waals surface area contributed by atoms with Gasteiger partial charge in [-0.3, -0.25) is 4.72 Å². The van der Waals surface area contributed by atoms with Crippen LogP contribution in [0.5, 0.6) is 0 Å². The average molecular weight is 363 g/mol. The smallest absolute Gasteiger partial charge is 0.264 e. The molecule has 2 aromatic rings. The van der Waals surface area contributed by atoms with Crippen molar-refractivity contribution in [2.24, 2.45) is 0 Å². The molecule has 1 aromatic heterocycles. The number of thiophene rings is 1. The highest BCUT2D eigenvalue weighted by Crippen LogP contribution is 2.35. The number of benzene rings is 1. The van der Waals surface area contributed by atoms with E-state index in [1.807, 2.05) is 12.1 Å². The molecule has 0 bridgehead atoms. The molecule has 2 N–H and O–H groups in total. The lowest BCUT2D eigenvalue weighted by molar-refractivity contribution is 0.601. The average Bonchev–Trinajstić information content (AvgIpc) is 2.79. The van der Waals surface area contributed by atoms with Crippen molar-refractivity contribution in [3.63, 3.8) is 0 Å². The maximum Gasteiger partial charge on any atom is 0.264 e. The van der Waals surface area contributed by atoms with Crippen molar-refractivity contribution in [2.75, 3.05) is 11.3 Å². The maximum absolute atomic E-state index is 12.5. The maximum atomic E-state index is 12.5. The van der Waals surface area contributed by atoms with Crippen molar-refractivity contribution in [3.05, 3.63) is 44.1 Å². The van der Waals surface area contributed by atoms with Crippen LogP contribution in [0.15, 0.2) is 29.2 Å². The highest BCUT2D eigenvalue weighted by Gasteiger charge is 2.23. The first kappa shape index (κ1) is 15.1. The molecule has 0 unspecified atom stereocenters. The number of anilines is 1. The fourth-order valence-corrected chi connectivity index (χ4v) is 5.56. The van der Waals surface area contributed by atoms with Gasteiger partial charge in [0.2, 0.25) is 0 Å². The lowest BCUT2D eigenvalue weighted by Gasteiger charge is -2.20. The van der Waals surface area contributed by atoms with Crippen molar-refractivity contribution < 1.29 is 8.42 Å². The molecule has 112 valence electrons. The molecule has 0 spiro atoms. The van der Waals surface area contributed by atoms with Crippen LogP contribution in [-0.2, 0) is 23.0 Å². The van der Waals surface area contributed by atoms with Gasteiger partial charge < -0.3 is 5.32 Å². The van der Waals surface area contributed by atoms with Gasteiger partial charge in [-0.2, -0.15) is 0 Å². The van der Waals surface area contributed by atoms with Gasteiger partial charge in [-0.05, 0) is 36.2 Å². The third-order valence-corrected chi connectivity index (χ3v) is 6.42. The van der Waals surface area contributed by atoms with Gasteiger partial charge in [0.15, 0.2) is 0 Å². The minimum Gasteiger partial charge on any atom is -0.312 e. The van der Waals surface area contributed by atoms with Crippen LogP contribution in [0.1, 0.15) is 11.1 Å². The highest BCUT2D eigenvalue weighted by atomic mass is 35.5. The zero-order chi connectivity index (χ0) is 15.0. The summed E-state index contributed by atoms with van der Waals surface area (Å²) in [6, 6.07) is 6.99. The predicted molar refractivity (Wildman–Crippen MR) is 87.0 cm³/mol. The Morgan fingerprint density at radius 1 is 1.29 bits per heavy atom. The molecule has 3 rings (SSSR count). The van der Waals surface area contributed by atoms with Crippen LogP contribution in [-0.4, -0.2) is 15.0 Å². The Hall–Kier alpha value is -0.790. The first-order chi connectivity index (χ1) is 9.97. The molecule has 1 aliphatic rings. The third kappa shape index (κ3) is 3.05. The van der Waals surface area contributed by atoms with Gasteiger partial charge in [0, 0.05) is 6.54 Å². The summed E-state index contributed by atoms with van der Waals surface area (Å²) in [7, 11) is -3.74. The Morgan fingerprint density at radius 3 is 2.81 bits per heavy atom. The summed E-state index contributed by atoms with van der Waals surface area (Å²) in [5.41, 5.74) is 2.71. The summed E-state index contributed by atoms with van der Waals surface area (Å²) in [6.07, 6.45) is 0.885. The van der Waals surface area contributed by atoms with Crippen molar-refractivity contribution in [3.8, 4) is 0 Å². The Bertz CT molecular complexity index is 787. The van der Waals surface area contributed by atoms with Crippen LogP contribution in [0.2, 0.25) is 8.67 Å². The molecular weight excluding hydrogens is 351 g/mol. The van der Waals surface area contributed by atoms with Gasteiger partial charge >= 0.3 is 0 Å². The van der Waals surface area contributed by atoms with Crippen LogP contribution >= 0.6 is 34.5 Å². The molecule has 21 heavy (non-hydrogen) atoms. The normalized spacial score (nSPS) is 14.8. The molecule has 2 heterocycles. The van der Waals surface area contributed by atoms with Crippen molar-refractivity contribution >= 4 is 50.2 Å². The predicted octanol–water partition coefficient (Wildman–Crippen LogP) is 3.50. The molecule has 0 amide bonds. The van der Waals surface area contributed by atoms with Crippen LogP contribution in [0.3, 0.4) is 0 Å². The summed E-state index contributed by atoms with van der Waals surface area (Å²) in [5, 5.41) is 3.24. The van der Waals surface area contributed by atoms with E-state index in [-0.39, 0.29) is 9.23 Å². The first-order valence-corrected chi connectivity index (χ1v) is 9.32. The van der Waals surface area contributed by atoms with E-state index in [0.717, 1.165) is 35.4 Å². The Balaban J connectivity index is 1.98. The summed E-state index contributed by atoms with van der Waals surface area (Å²) >= 11 is 12.8. The number of halogens is 2. The molecule has 0 fully saturated rings. The molecule has 0 radical (unpaired) electrons. The quantitative estimate of drug-likeness (QED) is 0.878. The van der Waals surface area contributed by atoms with E-state index in [9.17, 15) is 8.42 Å². The second-order valence-corrected chi connectivity index (χ2v) is 8.60. The van der Waals surface area contributed by atoms with Crippen LogP contribution in [0.4, 0.5) is 5.69 Å². The van der Waals surface area contributed by atoms with Crippen molar-refractivity contribution in [1.82, 2.24) is 5.32 Å². The Labute approximate surface area is 137 Å². The van der Waals surface area contributed by atoms with Gasteiger partial charge in [0.05, 0.1) is 10.0 Å². The van der Waals surface area contributed by atoms with E-state index in [0.29, 0.717) is 16.6 Å². The molecule has 1 aromatic carbocycles. The van der Waals surface area contributed by atoms with Gasteiger partial charge in [-0.15, -0.1) is 11.3 Å². The number of nitrogens with one attached hydrogen (secondary N) is 2. The van der Waals surface area contributed by atoms with E-state index in [4.69, 9.17) is 23.2 Å². The monoisotopic (exact) mass is 362 g/mol. The lowest BCUT2D eigenvalue weighted by atomic mass is 10.00. The molecule has 8 heteroatoms. The Kier molecular flexibility index (Phi) is 4.16. The molecule has 0 saturated heterocycles. The van der Waals surface area contributed by atoms with E-state index < -0.39 is 10.0 Å². The van der Waals surface area contributed by atoms with E-state index >= 15 is 0 Å². The molecule has 1 aliphatic heterocycles. The number of hydrogen-bond donors (Lipinski definition) is 2. The fourth-order valence-electron chi connectivity index (χ4n) is 2.32. The summed E-state index contributed by atoms with van der Waals surface area (Å²) in [4.78, 5) is 0.0144. The second kappa shape index (κ2) is 5.78. The topological polar surface area (TPSA) is 58.2 Å². The molecule has 0 saturated carbocycles. The standard InChI is InChI=1S/C13H12Cl2N2O2S2/c14-12-6-11(13(15)20-12)21(18,19)17-10-3-1-2-8-4-5-16-7-9(8)10/h1-3,6,16-17H,4-5,7H2. The van der Waals surface area contributed by atoms with Crippen molar-refractivity contribution in [1.29, 1.82) is 0 Å². The minimum atomic E-state index is -3.74. The third-order valence-electron chi connectivity index (χ3n) is 3.31. The van der Waals surface area contributed by atoms with E-state index in [1.165, 1.54) is 6.07 Å². The minimum absolute atomic E-state index is 0.0144. The molecule has 4 nitrogen and oxygen atoms in total. The fraction of sp³-hybridized carbons (Fsp3) is 0.231. The van der Waals surface area contributed by atoms with E-state index in [1.54, 1.807) is 6.07 Å². The van der Waals surface area contributed by atoms with Gasteiger partial charge in [-0.1, -0.05) is 35.3 Å². The van der Waals surface area contributed by atoms with Crippen LogP contribution < -0.4 is 10.0 Å². The largest absolute Gasteiger partial charge is 0.312 e. The van der Waals surface area contributed by atoms with Gasteiger partial charge in [0.25, 0.3) is 10.0 Å². The zero-order valence-corrected chi connectivity index (χ0v) is 14.0. The number of rotatable bonds is 3. The lowest BCUT2D eigenvalue weighted by Crippen LogP contribution is -2.25. The van der Waals surface area contributed by atoms with Crippen LogP contribution in [0.25, 0.3) is 0 Å². The van der Waals surface area contributed by atoms with E-state index in [2.05, 4.69) is 10.0 Å². The molecule has 0 aliphatic carbocycles. The first-order valence-electron chi connectivity index (χ1n) is 6.26. The molecular formula is C13H12Cl2N2O2S2. The van der Waals surface area contributed by atoms with Gasteiger partial charge in [0.1, 0.15) is 9.23 Å². The zero-order valence-electron chi connectivity index (χ0n) is 10.8. The summed E-state index contributed by atoms with van der Waals surface area (Å²) < 4.78 is 28.0. The number of sulfonamides is 1. The SMILES string of the molecule is O=S(=O)(Nc1cccc2c1CNCC2)c1cc(Cl)sc1Cl.